The minimum atomic E-state index is 0.632. The van der Waals surface area contributed by atoms with E-state index >= 15 is 0 Å². The van der Waals surface area contributed by atoms with Crippen LogP contribution in [0, 0.1) is 0 Å². The highest BCUT2D eigenvalue weighted by molar-refractivity contribution is 6.23. The second kappa shape index (κ2) is 5.67. The lowest BCUT2D eigenvalue weighted by molar-refractivity contribution is 1.34. The summed E-state index contributed by atoms with van der Waals surface area (Å²) in [5.74, 6) is 0.833. The third-order valence-corrected chi connectivity index (χ3v) is 4.75. The molecule has 4 aromatic carbocycles. The Bertz CT molecular complexity index is 1160. The van der Waals surface area contributed by atoms with Gasteiger partial charge in [-0.3, -0.25) is 4.99 Å². The molecule has 0 aromatic heterocycles. The minimum absolute atomic E-state index is 0.632. The van der Waals surface area contributed by atoms with Crippen molar-refractivity contribution >= 4 is 33.1 Å². The molecule has 0 amide bonds. The van der Waals surface area contributed by atoms with Crippen molar-refractivity contribution in [3.63, 3.8) is 0 Å². The fourth-order valence-corrected chi connectivity index (χ4v) is 3.54. The molecule has 5 rings (SSSR count). The third-order valence-electron chi connectivity index (χ3n) is 4.75. The maximum Gasteiger partial charge on any atom is 0.155 e. The number of hydrogen-bond acceptors (Lipinski definition) is 2. The molecule has 0 N–H and O–H groups in total. The molecule has 0 atom stereocenters. The van der Waals surface area contributed by atoms with Crippen molar-refractivity contribution in [2.75, 3.05) is 6.54 Å². The third kappa shape index (κ3) is 2.34. The summed E-state index contributed by atoms with van der Waals surface area (Å²) in [5.41, 5.74) is 3.32. The molecule has 1 aliphatic heterocycles. The van der Waals surface area contributed by atoms with Crippen molar-refractivity contribution in [1.82, 2.24) is 0 Å². The largest absolute Gasteiger partial charge is 0.260 e. The predicted octanol–water partition coefficient (Wildman–Crippen LogP) is 5.24. The summed E-state index contributed by atoms with van der Waals surface area (Å²) in [7, 11) is 0. The summed E-state index contributed by atoms with van der Waals surface area (Å²) in [6.45, 7) is 0.632. The number of amidine groups is 1. The van der Waals surface area contributed by atoms with E-state index < -0.39 is 0 Å². The van der Waals surface area contributed by atoms with Gasteiger partial charge >= 0.3 is 0 Å². The van der Waals surface area contributed by atoms with Crippen molar-refractivity contribution < 1.29 is 0 Å². The van der Waals surface area contributed by atoms with E-state index in [0.29, 0.717) is 6.54 Å². The maximum absolute atomic E-state index is 4.90. The van der Waals surface area contributed by atoms with Crippen molar-refractivity contribution in [2.24, 2.45) is 9.98 Å². The average Bonchev–Trinajstić information content (AvgIpc) is 3.17. The molecule has 0 fully saturated rings. The van der Waals surface area contributed by atoms with Crippen LogP contribution >= 0.6 is 0 Å². The predicted molar refractivity (Wildman–Crippen MR) is 106 cm³/mol. The Kier molecular flexibility index (Phi) is 3.20. The van der Waals surface area contributed by atoms with Crippen molar-refractivity contribution in [3.8, 4) is 0 Å². The zero-order valence-corrected chi connectivity index (χ0v) is 13.7. The quantitative estimate of drug-likeness (QED) is 0.482. The monoisotopic (exact) mass is 320 g/mol. The normalized spacial score (nSPS) is 13.9. The Labute approximate surface area is 146 Å². The SMILES string of the molecule is c1ccc2c(C3=NC(c4cccc5ccccc45)=NC3)cccc2c1. The van der Waals surface area contributed by atoms with Gasteiger partial charge in [0.2, 0.25) is 0 Å². The lowest BCUT2D eigenvalue weighted by Crippen LogP contribution is -2.02. The molecule has 1 aliphatic rings. The van der Waals surface area contributed by atoms with Gasteiger partial charge in [-0.1, -0.05) is 84.9 Å². The number of aliphatic imine (C=N–C) groups is 2. The Balaban J connectivity index is 1.63. The maximum atomic E-state index is 4.90. The molecule has 0 bridgehead atoms. The molecule has 1 heterocycles. The van der Waals surface area contributed by atoms with Gasteiger partial charge in [-0.2, -0.15) is 0 Å². The smallest absolute Gasteiger partial charge is 0.155 e. The first-order valence-corrected chi connectivity index (χ1v) is 8.48. The summed E-state index contributed by atoms with van der Waals surface area (Å²) < 4.78 is 0. The van der Waals surface area contributed by atoms with Crippen LogP contribution in [0.5, 0.6) is 0 Å². The van der Waals surface area contributed by atoms with Crippen LogP contribution in [0.1, 0.15) is 11.1 Å². The van der Waals surface area contributed by atoms with Gasteiger partial charge in [0.1, 0.15) is 0 Å². The van der Waals surface area contributed by atoms with E-state index in [9.17, 15) is 0 Å². The van der Waals surface area contributed by atoms with E-state index in [1.165, 1.54) is 27.1 Å². The Morgan fingerprint density at radius 3 is 1.84 bits per heavy atom. The number of nitrogens with zero attached hydrogens (tertiary/aromatic N) is 2. The van der Waals surface area contributed by atoms with Crippen molar-refractivity contribution in [3.05, 3.63) is 96.1 Å². The Morgan fingerprint density at radius 1 is 0.560 bits per heavy atom. The number of fused-ring (bicyclic) bond motifs is 2. The molecule has 0 saturated heterocycles. The summed E-state index contributed by atoms with van der Waals surface area (Å²) in [6, 6.07) is 29.5. The molecular weight excluding hydrogens is 304 g/mol. The first-order chi connectivity index (χ1) is 12.4. The summed E-state index contributed by atoms with van der Waals surface area (Å²) in [6.07, 6.45) is 0. The van der Waals surface area contributed by atoms with Crippen LogP contribution < -0.4 is 0 Å². The van der Waals surface area contributed by atoms with Gasteiger partial charge < -0.3 is 0 Å². The molecule has 2 heteroatoms. The fraction of sp³-hybridized carbons (Fsp3) is 0.0435. The summed E-state index contributed by atoms with van der Waals surface area (Å²) in [5, 5.41) is 4.89. The second-order valence-electron chi connectivity index (χ2n) is 6.25. The molecule has 4 aromatic rings. The Hall–Kier alpha value is -3.26. The van der Waals surface area contributed by atoms with Crippen LogP contribution in [-0.2, 0) is 0 Å². The molecular formula is C23H16N2. The molecule has 2 nitrogen and oxygen atoms in total. The van der Waals surface area contributed by atoms with Gasteiger partial charge in [-0.05, 0) is 21.5 Å². The van der Waals surface area contributed by atoms with Crippen LogP contribution in [0.3, 0.4) is 0 Å². The molecule has 0 radical (unpaired) electrons. The van der Waals surface area contributed by atoms with Crippen LogP contribution in [0.15, 0.2) is 94.9 Å². The topological polar surface area (TPSA) is 24.7 Å². The molecule has 0 spiro atoms. The van der Waals surface area contributed by atoms with E-state index in [2.05, 4.69) is 84.9 Å². The standard InChI is InChI=1S/C23H16N2/c1-3-11-18-16(7-1)9-5-13-20(18)22-15-24-23(25-22)21-14-6-10-17-8-2-4-12-19(17)21/h1-14H,15H2. The average molecular weight is 320 g/mol. The number of rotatable bonds is 2. The molecule has 118 valence electrons. The van der Waals surface area contributed by atoms with Crippen LogP contribution in [0.25, 0.3) is 21.5 Å². The van der Waals surface area contributed by atoms with E-state index in [1.54, 1.807) is 0 Å². The summed E-state index contributed by atoms with van der Waals surface area (Å²) in [4.78, 5) is 9.63. The molecule has 25 heavy (non-hydrogen) atoms. The van der Waals surface area contributed by atoms with Gasteiger partial charge in [0.05, 0.1) is 12.3 Å². The second-order valence-corrected chi connectivity index (χ2v) is 6.25. The zero-order valence-electron chi connectivity index (χ0n) is 13.7. The first-order valence-electron chi connectivity index (χ1n) is 8.48. The molecule has 0 aliphatic carbocycles. The highest BCUT2D eigenvalue weighted by Crippen LogP contribution is 2.24. The van der Waals surface area contributed by atoms with Crippen LogP contribution in [-0.4, -0.2) is 18.1 Å². The highest BCUT2D eigenvalue weighted by atomic mass is 15.0. The van der Waals surface area contributed by atoms with Crippen molar-refractivity contribution in [2.45, 2.75) is 0 Å². The summed E-state index contributed by atoms with van der Waals surface area (Å²) >= 11 is 0. The van der Waals surface area contributed by atoms with Gasteiger partial charge in [0, 0.05) is 11.1 Å². The van der Waals surface area contributed by atoms with Gasteiger partial charge in [-0.25, -0.2) is 4.99 Å². The van der Waals surface area contributed by atoms with Crippen LogP contribution in [0.2, 0.25) is 0 Å². The number of benzene rings is 4. The fourth-order valence-electron chi connectivity index (χ4n) is 3.54. The highest BCUT2D eigenvalue weighted by Gasteiger charge is 2.17. The van der Waals surface area contributed by atoms with Gasteiger partial charge in [-0.15, -0.1) is 0 Å². The van der Waals surface area contributed by atoms with Crippen LogP contribution in [0.4, 0.5) is 0 Å². The zero-order chi connectivity index (χ0) is 16.6. The number of hydrogen-bond donors (Lipinski definition) is 0. The van der Waals surface area contributed by atoms with E-state index in [-0.39, 0.29) is 0 Å². The van der Waals surface area contributed by atoms with E-state index in [1.807, 2.05) is 0 Å². The van der Waals surface area contributed by atoms with Gasteiger partial charge in [0.25, 0.3) is 0 Å². The molecule has 0 saturated carbocycles. The minimum Gasteiger partial charge on any atom is -0.260 e. The molecule has 0 unspecified atom stereocenters. The van der Waals surface area contributed by atoms with E-state index in [0.717, 1.165) is 17.1 Å². The first kappa shape index (κ1) is 14.1. The lowest BCUT2D eigenvalue weighted by atomic mass is 10.0. The Morgan fingerprint density at radius 2 is 1.12 bits per heavy atom. The lowest BCUT2D eigenvalue weighted by Gasteiger charge is -2.06. The van der Waals surface area contributed by atoms with E-state index in [4.69, 9.17) is 9.98 Å². The van der Waals surface area contributed by atoms with Gasteiger partial charge in [0.15, 0.2) is 5.84 Å². The van der Waals surface area contributed by atoms with Crippen molar-refractivity contribution in [1.29, 1.82) is 0 Å².